The molecule has 3 rings (SSSR count). The average Bonchev–Trinajstić information content (AvgIpc) is 2.95. The smallest absolute Gasteiger partial charge is 0.236 e. The van der Waals surface area contributed by atoms with Crippen LogP contribution in [0.2, 0.25) is 5.02 Å². The van der Waals surface area contributed by atoms with Crippen LogP contribution in [0.1, 0.15) is 17.5 Å². The molecule has 0 radical (unpaired) electrons. The van der Waals surface area contributed by atoms with Crippen molar-refractivity contribution < 1.29 is 4.79 Å². The number of nitrogens with one attached hydrogen (secondary N) is 1. The Morgan fingerprint density at radius 1 is 1.43 bits per heavy atom. The van der Waals surface area contributed by atoms with Crippen molar-refractivity contribution in [3.05, 3.63) is 39.9 Å². The maximum atomic E-state index is 12.1. The summed E-state index contributed by atoms with van der Waals surface area (Å²) in [5.41, 5.74) is 1.14. The van der Waals surface area contributed by atoms with Gasteiger partial charge in [0, 0.05) is 34.3 Å². The second-order valence-electron chi connectivity index (χ2n) is 5.30. The minimum absolute atomic E-state index is 0.0246. The first-order chi connectivity index (χ1) is 11.1. The highest BCUT2D eigenvalue weighted by atomic mass is 35.5. The number of likely N-dealkylation sites (N-methyl/N-ethyl adjacent to an activating group) is 1. The topological polar surface area (TPSA) is 45.2 Å². The van der Waals surface area contributed by atoms with Crippen molar-refractivity contribution in [2.24, 2.45) is 0 Å². The molecule has 0 bridgehead atoms. The van der Waals surface area contributed by atoms with Crippen molar-refractivity contribution in [2.75, 3.05) is 24.2 Å². The molecule has 0 fully saturated rings. The predicted molar refractivity (Wildman–Crippen MR) is 97.6 cm³/mol. The third kappa shape index (κ3) is 4.47. The third-order valence-electron chi connectivity index (χ3n) is 3.69. The van der Waals surface area contributed by atoms with Crippen LogP contribution < -0.4 is 5.32 Å². The summed E-state index contributed by atoms with van der Waals surface area (Å²) < 4.78 is 0. The zero-order chi connectivity index (χ0) is 16.2. The molecule has 0 saturated carbocycles. The van der Waals surface area contributed by atoms with E-state index in [1.54, 1.807) is 11.3 Å². The molecule has 1 aromatic carbocycles. The Morgan fingerprint density at radius 2 is 2.22 bits per heavy atom. The molecule has 0 aliphatic carbocycles. The second-order valence-corrected chi connectivity index (χ2v) is 7.87. The number of carbonyl (C=O) groups excluding carboxylic acids is 1. The molecule has 2 aromatic rings. The number of nitrogens with zero attached hydrogens (tertiary/aromatic N) is 2. The van der Waals surface area contributed by atoms with Crippen molar-refractivity contribution in [2.45, 2.75) is 24.8 Å². The molecule has 7 heteroatoms. The molecule has 0 atom stereocenters. The zero-order valence-electron chi connectivity index (χ0n) is 12.8. The number of halogens is 1. The first-order valence-corrected chi connectivity index (χ1v) is 9.71. The van der Waals surface area contributed by atoms with E-state index in [0.29, 0.717) is 10.8 Å². The fourth-order valence-corrected chi connectivity index (χ4v) is 4.30. The number of amides is 1. The van der Waals surface area contributed by atoms with E-state index in [4.69, 9.17) is 11.6 Å². The maximum Gasteiger partial charge on any atom is 0.236 e. The highest BCUT2D eigenvalue weighted by Crippen LogP contribution is 2.28. The van der Waals surface area contributed by atoms with Gasteiger partial charge in [-0.3, -0.25) is 9.69 Å². The Balaban J connectivity index is 1.54. The molecule has 0 saturated heterocycles. The van der Waals surface area contributed by atoms with Crippen LogP contribution in [0.25, 0.3) is 0 Å². The number of hydrogen-bond donors (Lipinski definition) is 1. The van der Waals surface area contributed by atoms with Crippen molar-refractivity contribution in [3.63, 3.8) is 0 Å². The molecule has 2 heterocycles. The van der Waals surface area contributed by atoms with Gasteiger partial charge in [-0.05, 0) is 30.8 Å². The van der Waals surface area contributed by atoms with Crippen LogP contribution in [0.3, 0.4) is 0 Å². The normalized spacial score (nSPS) is 14.5. The van der Waals surface area contributed by atoms with Gasteiger partial charge in [0.25, 0.3) is 0 Å². The van der Waals surface area contributed by atoms with E-state index in [0.717, 1.165) is 41.8 Å². The zero-order valence-corrected chi connectivity index (χ0v) is 15.2. The summed E-state index contributed by atoms with van der Waals surface area (Å²) >= 11 is 8.94. The quantitative estimate of drug-likeness (QED) is 0.814. The van der Waals surface area contributed by atoms with Gasteiger partial charge in [0.05, 0.1) is 11.4 Å². The molecular weight excluding hydrogens is 350 g/mol. The molecule has 0 spiro atoms. The van der Waals surface area contributed by atoms with Crippen LogP contribution in [0.15, 0.2) is 29.2 Å². The highest BCUT2D eigenvalue weighted by molar-refractivity contribution is 8.00. The Morgan fingerprint density at radius 3 is 2.96 bits per heavy atom. The van der Waals surface area contributed by atoms with Gasteiger partial charge < -0.3 is 5.32 Å². The number of carbonyl (C=O) groups is 1. The Bertz CT molecular complexity index is 687. The number of thioether (sulfide) groups is 1. The Kier molecular flexibility index (Phi) is 5.58. The summed E-state index contributed by atoms with van der Waals surface area (Å²) in [6.45, 7) is 5.21. The minimum atomic E-state index is -0.0246. The largest absolute Gasteiger partial charge is 0.301 e. The first kappa shape index (κ1) is 16.8. The van der Waals surface area contributed by atoms with Gasteiger partial charge in [0.2, 0.25) is 5.91 Å². The van der Waals surface area contributed by atoms with Crippen LogP contribution in [-0.2, 0) is 17.8 Å². The summed E-state index contributed by atoms with van der Waals surface area (Å²) in [6.07, 6.45) is 0.967. The predicted octanol–water partition coefficient (Wildman–Crippen LogP) is 3.91. The fraction of sp³-hybridized carbons (Fsp3) is 0.375. The lowest BCUT2D eigenvalue weighted by molar-refractivity contribution is -0.113. The van der Waals surface area contributed by atoms with E-state index < -0.39 is 0 Å². The summed E-state index contributed by atoms with van der Waals surface area (Å²) in [7, 11) is 0. The monoisotopic (exact) mass is 367 g/mol. The molecule has 1 aliphatic heterocycles. The summed E-state index contributed by atoms with van der Waals surface area (Å²) in [5, 5.41) is 4.34. The lowest BCUT2D eigenvalue weighted by Crippen LogP contribution is -2.29. The number of benzene rings is 1. The van der Waals surface area contributed by atoms with Gasteiger partial charge in [0.1, 0.15) is 0 Å². The molecule has 1 amide bonds. The van der Waals surface area contributed by atoms with Gasteiger partial charge in [-0.1, -0.05) is 18.5 Å². The van der Waals surface area contributed by atoms with E-state index >= 15 is 0 Å². The van der Waals surface area contributed by atoms with Crippen LogP contribution in [0.5, 0.6) is 0 Å². The summed E-state index contributed by atoms with van der Waals surface area (Å²) in [6, 6.07) is 7.50. The molecular formula is C16H18ClN3OS2. The lowest BCUT2D eigenvalue weighted by Gasteiger charge is -2.23. The minimum Gasteiger partial charge on any atom is -0.301 e. The number of rotatable bonds is 5. The number of aromatic nitrogens is 1. The summed E-state index contributed by atoms with van der Waals surface area (Å²) in [5.74, 6) is 0.343. The third-order valence-corrected chi connectivity index (χ3v) is 5.95. The molecule has 1 N–H and O–H groups in total. The summed E-state index contributed by atoms with van der Waals surface area (Å²) in [4.78, 5) is 21.3. The molecule has 23 heavy (non-hydrogen) atoms. The van der Waals surface area contributed by atoms with Crippen molar-refractivity contribution in [1.82, 2.24) is 9.88 Å². The van der Waals surface area contributed by atoms with Gasteiger partial charge in [-0.25, -0.2) is 4.98 Å². The van der Waals surface area contributed by atoms with E-state index in [1.807, 2.05) is 24.3 Å². The van der Waals surface area contributed by atoms with Crippen LogP contribution >= 0.6 is 34.7 Å². The average molecular weight is 368 g/mol. The Hall–Kier alpha value is -1.08. The van der Waals surface area contributed by atoms with E-state index in [2.05, 4.69) is 22.1 Å². The highest BCUT2D eigenvalue weighted by Gasteiger charge is 2.20. The molecule has 0 unspecified atom stereocenters. The van der Waals surface area contributed by atoms with Crippen molar-refractivity contribution in [1.29, 1.82) is 0 Å². The van der Waals surface area contributed by atoms with Gasteiger partial charge in [-0.2, -0.15) is 0 Å². The molecule has 122 valence electrons. The standard InChI is InChI=1S/C16H18ClN3OS2/c1-2-20-8-7-13-14(9-20)23-16(18-13)19-15(21)10-22-12-5-3-11(17)4-6-12/h3-6H,2,7-10H2,1H3,(H,18,19,21). The van der Waals surface area contributed by atoms with Crippen LogP contribution in [-0.4, -0.2) is 34.6 Å². The van der Waals surface area contributed by atoms with Crippen LogP contribution in [0, 0.1) is 0 Å². The van der Waals surface area contributed by atoms with Crippen molar-refractivity contribution >= 4 is 45.7 Å². The lowest BCUT2D eigenvalue weighted by atomic mass is 10.2. The molecule has 1 aliphatic rings. The van der Waals surface area contributed by atoms with Crippen molar-refractivity contribution in [3.8, 4) is 0 Å². The first-order valence-electron chi connectivity index (χ1n) is 7.53. The molecule has 4 nitrogen and oxygen atoms in total. The fourth-order valence-electron chi connectivity index (χ4n) is 2.41. The number of hydrogen-bond acceptors (Lipinski definition) is 5. The van der Waals surface area contributed by atoms with Gasteiger partial charge >= 0.3 is 0 Å². The SMILES string of the molecule is CCN1CCc2nc(NC(=O)CSc3ccc(Cl)cc3)sc2C1. The van der Waals surface area contributed by atoms with Gasteiger partial charge in [-0.15, -0.1) is 23.1 Å². The van der Waals surface area contributed by atoms with E-state index in [1.165, 1.54) is 16.6 Å². The number of thiazole rings is 1. The molecule has 1 aromatic heterocycles. The Labute approximate surface area is 149 Å². The van der Waals surface area contributed by atoms with Gasteiger partial charge in [0.15, 0.2) is 5.13 Å². The van der Waals surface area contributed by atoms with E-state index in [9.17, 15) is 4.79 Å². The number of anilines is 1. The maximum absolute atomic E-state index is 12.1. The van der Waals surface area contributed by atoms with E-state index in [-0.39, 0.29) is 5.91 Å². The number of fused-ring (bicyclic) bond motifs is 1. The van der Waals surface area contributed by atoms with Crippen LogP contribution in [0.4, 0.5) is 5.13 Å². The second kappa shape index (κ2) is 7.66.